The molecule has 1 aromatic carbocycles. The summed E-state index contributed by atoms with van der Waals surface area (Å²) in [5, 5.41) is 0. The maximum Gasteiger partial charge on any atom is 0.215 e. The predicted molar refractivity (Wildman–Crippen MR) is 113 cm³/mol. The lowest BCUT2D eigenvalue weighted by Gasteiger charge is -2.43. The van der Waals surface area contributed by atoms with Crippen LogP contribution >= 0.6 is 0 Å². The number of benzene rings is 1. The molecule has 1 atom stereocenters. The van der Waals surface area contributed by atoms with Gasteiger partial charge < -0.3 is 4.90 Å². The molecule has 3 fully saturated rings. The molecule has 3 heterocycles. The molecule has 0 bridgehead atoms. The highest BCUT2D eigenvalue weighted by Gasteiger charge is 2.40. The minimum Gasteiger partial charge on any atom is -0.306 e. The van der Waals surface area contributed by atoms with Crippen LogP contribution in [0.1, 0.15) is 18.4 Å². The standard InChI is InChI=1S/C21H34N4O2S/c1-22-10-8-20(9-11-22)23-13-15-24(16-14-23)21-17-25(28(26,27)18-21)12-7-19-5-3-2-4-6-19/h2-6,20-21H,7-18H2,1H3. The van der Waals surface area contributed by atoms with Crippen LogP contribution < -0.4 is 0 Å². The van der Waals surface area contributed by atoms with Gasteiger partial charge in [0.05, 0.1) is 5.75 Å². The van der Waals surface area contributed by atoms with Crippen molar-refractivity contribution in [2.45, 2.75) is 31.3 Å². The first-order valence-electron chi connectivity index (χ1n) is 10.7. The van der Waals surface area contributed by atoms with E-state index in [1.165, 1.54) is 31.5 Å². The Morgan fingerprint density at radius 1 is 0.893 bits per heavy atom. The number of piperidine rings is 1. The fourth-order valence-electron chi connectivity index (χ4n) is 4.93. The summed E-state index contributed by atoms with van der Waals surface area (Å²) in [6.07, 6.45) is 3.32. The van der Waals surface area contributed by atoms with E-state index in [1.807, 2.05) is 18.2 Å². The lowest BCUT2D eigenvalue weighted by molar-refractivity contribution is 0.0498. The Kier molecular flexibility index (Phi) is 6.37. The van der Waals surface area contributed by atoms with E-state index in [0.717, 1.165) is 32.6 Å². The topological polar surface area (TPSA) is 47.1 Å². The molecule has 7 heteroatoms. The average molecular weight is 407 g/mol. The molecule has 0 N–H and O–H groups in total. The molecule has 6 nitrogen and oxygen atoms in total. The molecule has 1 unspecified atom stereocenters. The maximum atomic E-state index is 12.7. The van der Waals surface area contributed by atoms with E-state index in [9.17, 15) is 8.42 Å². The van der Waals surface area contributed by atoms with E-state index in [2.05, 4.69) is 33.9 Å². The summed E-state index contributed by atoms with van der Waals surface area (Å²) in [5.74, 6) is 0.288. The Morgan fingerprint density at radius 2 is 1.50 bits per heavy atom. The number of likely N-dealkylation sites (tertiary alicyclic amines) is 1. The minimum atomic E-state index is -3.12. The maximum absolute atomic E-state index is 12.7. The van der Waals surface area contributed by atoms with E-state index in [-0.39, 0.29) is 11.8 Å². The molecule has 1 aromatic rings. The number of hydrogen-bond acceptors (Lipinski definition) is 5. The van der Waals surface area contributed by atoms with Gasteiger partial charge in [-0.1, -0.05) is 30.3 Å². The molecule has 0 saturated carbocycles. The number of hydrogen-bond donors (Lipinski definition) is 0. The third kappa shape index (κ3) is 4.76. The molecule has 0 radical (unpaired) electrons. The molecular weight excluding hydrogens is 372 g/mol. The van der Waals surface area contributed by atoms with Gasteiger partial charge in [0.2, 0.25) is 10.0 Å². The van der Waals surface area contributed by atoms with E-state index < -0.39 is 10.0 Å². The number of sulfonamides is 1. The zero-order valence-electron chi connectivity index (χ0n) is 17.0. The largest absolute Gasteiger partial charge is 0.306 e. The van der Waals surface area contributed by atoms with Crippen LogP contribution in [0.25, 0.3) is 0 Å². The fraction of sp³-hybridized carbons (Fsp3) is 0.714. The van der Waals surface area contributed by atoms with Crippen LogP contribution in [0, 0.1) is 0 Å². The SMILES string of the molecule is CN1CCC(N2CCN(C3CN(CCc4ccccc4)S(=O)(=O)C3)CC2)CC1. The van der Waals surface area contributed by atoms with Gasteiger partial charge in [-0.25, -0.2) is 8.42 Å². The quantitative estimate of drug-likeness (QED) is 0.729. The van der Waals surface area contributed by atoms with Gasteiger partial charge in [-0.05, 0) is 45.0 Å². The van der Waals surface area contributed by atoms with Gasteiger partial charge in [0.15, 0.2) is 0 Å². The van der Waals surface area contributed by atoms with Crippen LogP contribution in [0.2, 0.25) is 0 Å². The number of nitrogens with zero attached hydrogens (tertiary/aromatic N) is 4. The lowest BCUT2D eigenvalue weighted by atomic mass is 10.0. The molecule has 0 aliphatic carbocycles. The van der Waals surface area contributed by atoms with Crippen LogP contribution in [-0.4, -0.2) is 105 Å². The van der Waals surface area contributed by atoms with Gasteiger partial charge in [-0.2, -0.15) is 4.31 Å². The minimum absolute atomic E-state index is 0.153. The summed E-state index contributed by atoms with van der Waals surface area (Å²) in [7, 11) is -0.917. The van der Waals surface area contributed by atoms with Gasteiger partial charge in [0.1, 0.15) is 0 Å². The van der Waals surface area contributed by atoms with Crippen LogP contribution in [-0.2, 0) is 16.4 Å². The molecule has 28 heavy (non-hydrogen) atoms. The third-order valence-electron chi connectivity index (χ3n) is 6.77. The van der Waals surface area contributed by atoms with Gasteiger partial charge in [-0.15, -0.1) is 0 Å². The number of rotatable bonds is 5. The van der Waals surface area contributed by atoms with Crippen molar-refractivity contribution in [3.05, 3.63) is 35.9 Å². The van der Waals surface area contributed by atoms with Crippen molar-refractivity contribution in [3.63, 3.8) is 0 Å². The average Bonchev–Trinajstić information content (AvgIpc) is 3.02. The van der Waals surface area contributed by atoms with Crippen molar-refractivity contribution in [1.82, 2.24) is 19.0 Å². The lowest BCUT2D eigenvalue weighted by Crippen LogP contribution is -2.55. The second-order valence-corrected chi connectivity index (χ2v) is 10.6. The third-order valence-corrected chi connectivity index (χ3v) is 8.70. The Hall–Kier alpha value is -0.990. The molecule has 156 valence electrons. The first-order valence-corrected chi connectivity index (χ1v) is 12.3. The Morgan fingerprint density at radius 3 is 2.14 bits per heavy atom. The molecule has 0 amide bonds. The summed E-state index contributed by atoms with van der Waals surface area (Å²) in [5.41, 5.74) is 1.20. The van der Waals surface area contributed by atoms with Gasteiger partial charge in [0.25, 0.3) is 0 Å². The van der Waals surface area contributed by atoms with Crippen LogP contribution in [0.3, 0.4) is 0 Å². The van der Waals surface area contributed by atoms with Gasteiger partial charge in [0, 0.05) is 51.4 Å². The highest BCUT2D eigenvalue weighted by Crippen LogP contribution is 2.23. The van der Waals surface area contributed by atoms with Crippen molar-refractivity contribution in [3.8, 4) is 0 Å². The molecule has 3 saturated heterocycles. The summed E-state index contributed by atoms with van der Waals surface area (Å²) in [6.45, 7) is 7.80. The Bertz CT molecular complexity index is 726. The Balaban J connectivity index is 1.27. The summed E-state index contributed by atoms with van der Waals surface area (Å²) in [6, 6.07) is 11.0. The van der Waals surface area contributed by atoms with Gasteiger partial charge in [-0.3, -0.25) is 9.80 Å². The first kappa shape index (κ1) is 20.3. The normalized spacial score (nSPS) is 28.7. The molecule has 3 aliphatic rings. The van der Waals surface area contributed by atoms with E-state index >= 15 is 0 Å². The van der Waals surface area contributed by atoms with Gasteiger partial charge >= 0.3 is 0 Å². The predicted octanol–water partition coefficient (Wildman–Crippen LogP) is 0.955. The molecule has 0 spiro atoms. The van der Waals surface area contributed by atoms with Crippen molar-refractivity contribution < 1.29 is 8.42 Å². The summed E-state index contributed by atoms with van der Waals surface area (Å²) in [4.78, 5) is 7.48. The van der Waals surface area contributed by atoms with Crippen molar-refractivity contribution in [2.24, 2.45) is 0 Å². The fourth-order valence-corrected chi connectivity index (χ4v) is 6.71. The van der Waals surface area contributed by atoms with E-state index in [0.29, 0.717) is 19.1 Å². The smallest absolute Gasteiger partial charge is 0.215 e. The van der Waals surface area contributed by atoms with E-state index in [1.54, 1.807) is 4.31 Å². The zero-order valence-corrected chi connectivity index (χ0v) is 17.9. The highest BCUT2D eigenvalue weighted by molar-refractivity contribution is 7.89. The zero-order chi connectivity index (χ0) is 19.6. The second-order valence-electron chi connectivity index (χ2n) is 8.63. The van der Waals surface area contributed by atoms with E-state index in [4.69, 9.17) is 0 Å². The molecule has 3 aliphatic heterocycles. The highest BCUT2D eigenvalue weighted by atomic mass is 32.2. The number of piperazine rings is 1. The summed E-state index contributed by atoms with van der Waals surface area (Å²) < 4.78 is 27.0. The van der Waals surface area contributed by atoms with Crippen LogP contribution in [0.15, 0.2) is 30.3 Å². The second kappa shape index (κ2) is 8.79. The van der Waals surface area contributed by atoms with Crippen LogP contribution in [0.4, 0.5) is 0 Å². The first-order chi connectivity index (χ1) is 13.5. The molecular formula is C21H34N4O2S. The molecule has 0 aromatic heterocycles. The Labute approximate surface area is 170 Å². The van der Waals surface area contributed by atoms with Crippen LogP contribution in [0.5, 0.6) is 0 Å². The monoisotopic (exact) mass is 406 g/mol. The van der Waals surface area contributed by atoms with Crippen molar-refractivity contribution in [2.75, 3.05) is 65.2 Å². The van der Waals surface area contributed by atoms with Crippen molar-refractivity contribution >= 4 is 10.0 Å². The molecule has 4 rings (SSSR count). The summed E-state index contributed by atoms with van der Waals surface area (Å²) >= 11 is 0. The van der Waals surface area contributed by atoms with Crippen molar-refractivity contribution in [1.29, 1.82) is 0 Å².